The van der Waals surface area contributed by atoms with Crippen LogP contribution in [-0.2, 0) is 6.54 Å². The zero-order chi connectivity index (χ0) is 13.8. The monoisotopic (exact) mass is 273 g/mol. The van der Waals surface area contributed by atoms with Gasteiger partial charge in [-0.3, -0.25) is 4.90 Å². The molecule has 0 radical (unpaired) electrons. The Morgan fingerprint density at radius 3 is 2.55 bits per heavy atom. The molecule has 2 nitrogen and oxygen atoms in total. The fraction of sp³-hybridized carbons (Fsp3) is 0.667. The molecule has 20 heavy (non-hydrogen) atoms. The summed E-state index contributed by atoms with van der Waals surface area (Å²) in [5.74, 6) is 0.541. The van der Waals surface area contributed by atoms with Crippen molar-refractivity contribution >= 4 is 0 Å². The highest BCUT2D eigenvalue weighted by Crippen LogP contribution is 2.39. The van der Waals surface area contributed by atoms with Crippen LogP contribution < -0.4 is 0 Å². The van der Waals surface area contributed by atoms with Crippen molar-refractivity contribution in [3.05, 3.63) is 35.9 Å². The smallest absolute Gasteiger partial charge is 0.0802 e. The van der Waals surface area contributed by atoms with Crippen LogP contribution in [0.4, 0.5) is 0 Å². The number of rotatable bonds is 3. The summed E-state index contributed by atoms with van der Waals surface area (Å²) in [6, 6.07) is 10.7. The van der Waals surface area contributed by atoms with Gasteiger partial charge in [-0.2, -0.15) is 0 Å². The average molecular weight is 273 g/mol. The molecule has 110 valence electrons. The molecule has 1 saturated heterocycles. The molecule has 1 aromatic carbocycles. The Bertz CT molecular complexity index is 413. The summed E-state index contributed by atoms with van der Waals surface area (Å²) in [5, 5.41) is 11.2. The van der Waals surface area contributed by atoms with E-state index >= 15 is 0 Å². The lowest BCUT2D eigenvalue weighted by atomic mass is 9.82. The minimum absolute atomic E-state index is 0.429. The van der Waals surface area contributed by atoms with Crippen LogP contribution in [0, 0.1) is 5.92 Å². The molecule has 1 aliphatic heterocycles. The summed E-state index contributed by atoms with van der Waals surface area (Å²) >= 11 is 0. The van der Waals surface area contributed by atoms with Crippen molar-refractivity contribution in [3.8, 4) is 0 Å². The van der Waals surface area contributed by atoms with Crippen LogP contribution in [0.15, 0.2) is 30.3 Å². The molecule has 0 aromatic heterocycles. The lowest BCUT2D eigenvalue weighted by Gasteiger charge is -2.36. The Morgan fingerprint density at radius 1 is 1.05 bits per heavy atom. The third-order valence-corrected chi connectivity index (χ3v) is 5.20. The summed E-state index contributed by atoms with van der Waals surface area (Å²) in [7, 11) is 0. The molecule has 1 atom stereocenters. The van der Waals surface area contributed by atoms with E-state index in [0.717, 1.165) is 26.1 Å². The van der Waals surface area contributed by atoms with Crippen LogP contribution in [0.1, 0.15) is 50.5 Å². The maximum Gasteiger partial charge on any atom is 0.0802 e. The van der Waals surface area contributed by atoms with Gasteiger partial charge < -0.3 is 5.11 Å². The molecule has 1 heterocycles. The van der Waals surface area contributed by atoms with E-state index in [1.165, 1.54) is 44.1 Å². The second-order valence-corrected chi connectivity index (χ2v) is 6.74. The van der Waals surface area contributed by atoms with Gasteiger partial charge in [0.15, 0.2) is 0 Å². The lowest BCUT2D eigenvalue weighted by Crippen LogP contribution is -2.46. The van der Waals surface area contributed by atoms with E-state index < -0.39 is 5.60 Å². The highest BCUT2D eigenvalue weighted by atomic mass is 16.3. The third kappa shape index (κ3) is 3.24. The summed E-state index contributed by atoms with van der Waals surface area (Å²) in [5.41, 5.74) is 0.935. The van der Waals surface area contributed by atoms with E-state index in [-0.39, 0.29) is 0 Å². The van der Waals surface area contributed by atoms with Crippen molar-refractivity contribution in [3.63, 3.8) is 0 Å². The fourth-order valence-corrected chi connectivity index (χ4v) is 4.08. The van der Waals surface area contributed by atoms with Gasteiger partial charge in [0.2, 0.25) is 0 Å². The van der Waals surface area contributed by atoms with E-state index in [2.05, 4.69) is 35.2 Å². The molecule has 1 aliphatic carbocycles. The zero-order valence-electron chi connectivity index (χ0n) is 12.4. The first-order chi connectivity index (χ1) is 9.76. The zero-order valence-corrected chi connectivity index (χ0v) is 12.4. The fourth-order valence-electron chi connectivity index (χ4n) is 4.08. The van der Waals surface area contributed by atoms with Gasteiger partial charge in [0, 0.05) is 13.1 Å². The van der Waals surface area contributed by atoms with Crippen molar-refractivity contribution in [1.29, 1.82) is 0 Å². The second kappa shape index (κ2) is 6.28. The Balaban J connectivity index is 1.68. The highest BCUT2D eigenvalue weighted by molar-refractivity contribution is 5.14. The predicted molar refractivity (Wildman–Crippen MR) is 82.5 cm³/mol. The standard InChI is InChI=1S/C18H27NO/c20-18(17-10-4-5-11-17)12-6-7-13-19(15-18)14-16-8-2-1-3-9-16/h1-3,8-9,17,20H,4-7,10-15H2. The van der Waals surface area contributed by atoms with Crippen molar-refractivity contribution in [2.45, 2.75) is 57.1 Å². The van der Waals surface area contributed by atoms with Crippen molar-refractivity contribution in [2.24, 2.45) is 5.92 Å². The molecule has 1 saturated carbocycles. The molecular weight excluding hydrogens is 246 g/mol. The molecule has 2 heteroatoms. The van der Waals surface area contributed by atoms with Crippen LogP contribution in [0.2, 0.25) is 0 Å². The van der Waals surface area contributed by atoms with Gasteiger partial charge in [0.05, 0.1) is 5.60 Å². The molecule has 2 fully saturated rings. The molecule has 3 rings (SSSR count). The van der Waals surface area contributed by atoms with E-state index in [9.17, 15) is 5.11 Å². The maximum absolute atomic E-state index is 11.2. The molecule has 0 bridgehead atoms. The van der Waals surface area contributed by atoms with Gasteiger partial charge in [-0.05, 0) is 50.1 Å². The summed E-state index contributed by atoms with van der Waals surface area (Å²) in [6.45, 7) is 2.98. The molecule has 1 unspecified atom stereocenters. The predicted octanol–water partition coefficient (Wildman–Crippen LogP) is 3.59. The number of hydrogen-bond donors (Lipinski definition) is 1. The van der Waals surface area contributed by atoms with Crippen LogP contribution in [0.3, 0.4) is 0 Å². The lowest BCUT2D eigenvalue weighted by molar-refractivity contribution is -0.0440. The number of aliphatic hydroxyl groups is 1. The normalized spacial score (nSPS) is 29.4. The molecule has 2 aliphatic rings. The van der Waals surface area contributed by atoms with Gasteiger partial charge in [0.25, 0.3) is 0 Å². The largest absolute Gasteiger partial charge is 0.388 e. The minimum atomic E-state index is -0.429. The van der Waals surface area contributed by atoms with Gasteiger partial charge >= 0.3 is 0 Å². The van der Waals surface area contributed by atoms with Gasteiger partial charge in [0.1, 0.15) is 0 Å². The number of likely N-dealkylation sites (tertiary alicyclic amines) is 1. The summed E-state index contributed by atoms with van der Waals surface area (Å²) in [6.07, 6.45) is 8.49. The van der Waals surface area contributed by atoms with Gasteiger partial charge in [-0.1, -0.05) is 43.2 Å². The SMILES string of the molecule is OC1(C2CCCC2)CCCCN(Cc2ccccc2)C1. The minimum Gasteiger partial charge on any atom is -0.388 e. The molecule has 1 aromatic rings. The Morgan fingerprint density at radius 2 is 1.80 bits per heavy atom. The van der Waals surface area contributed by atoms with Crippen LogP contribution >= 0.6 is 0 Å². The highest BCUT2D eigenvalue weighted by Gasteiger charge is 2.40. The molecular formula is C18H27NO. The second-order valence-electron chi connectivity index (χ2n) is 6.74. The van der Waals surface area contributed by atoms with Crippen LogP contribution in [0.25, 0.3) is 0 Å². The van der Waals surface area contributed by atoms with Gasteiger partial charge in [-0.25, -0.2) is 0 Å². The first-order valence-electron chi connectivity index (χ1n) is 8.25. The number of β-amino-alcohol motifs (C(OH)–C–C–N with tert-alkyl or cyclic N) is 1. The summed E-state index contributed by atoms with van der Waals surface area (Å²) < 4.78 is 0. The number of hydrogen-bond acceptors (Lipinski definition) is 2. The van der Waals surface area contributed by atoms with E-state index in [1.807, 2.05) is 0 Å². The third-order valence-electron chi connectivity index (χ3n) is 5.20. The van der Waals surface area contributed by atoms with Crippen molar-refractivity contribution in [2.75, 3.05) is 13.1 Å². The van der Waals surface area contributed by atoms with E-state index in [4.69, 9.17) is 0 Å². The Kier molecular flexibility index (Phi) is 4.42. The van der Waals surface area contributed by atoms with E-state index in [0.29, 0.717) is 5.92 Å². The average Bonchev–Trinajstić information content (AvgIpc) is 2.93. The number of benzene rings is 1. The van der Waals surface area contributed by atoms with Crippen molar-refractivity contribution < 1.29 is 5.11 Å². The maximum atomic E-state index is 11.2. The Labute approximate surface area is 122 Å². The molecule has 1 N–H and O–H groups in total. The summed E-state index contributed by atoms with van der Waals surface area (Å²) in [4.78, 5) is 2.47. The molecule has 0 amide bonds. The molecule has 0 spiro atoms. The van der Waals surface area contributed by atoms with Gasteiger partial charge in [-0.15, -0.1) is 0 Å². The number of nitrogens with zero attached hydrogens (tertiary/aromatic N) is 1. The van der Waals surface area contributed by atoms with Crippen LogP contribution in [0.5, 0.6) is 0 Å². The Hall–Kier alpha value is -0.860. The first-order valence-corrected chi connectivity index (χ1v) is 8.25. The topological polar surface area (TPSA) is 23.5 Å². The van der Waals surface area contributed by atoms with Crippen LogP contribution in [-0.4, -0.2) is 28.7 Å². The quantitative estimate of drug-likeness (QED) is 0.909. The van der Waals surface area contributed by atoms with Crippen molar-refractivity contribution in [1.82, 2.24) is 4.90 Å². The first kappa shape index (κ1) is 14.1. The van der Waals surface area contributed by atoms with E-state index in [1.54, 1.807) is 0 Å².